The maximum atomic E-state index is 12.0. The zero-order valence-electron chi connectivity index (χ0n) is 14.0. The van der Waals surface area contributed by atoms with E-state index in [0.717, 1.165) is 18.4 Å². The molecule has 0 saturated heterocycles. The van der Waals surface area contributed by atoms with Crippen molar-refractivity contribution < 1.29 is 4.79 Å². The van der Waals surface area contributed by atoms with E-state index >= 15 is 0 Å². The van der Waals surface area contributed by atoms with Gasteiger partial charge in [0.1, 0.15) is 0 Å². The van der Waals surface area contributed by atoms with Gasteiger partial charge in [0.15, 0.2) is 0 Å². The predicted octanol–water partition coefficient (Wildman–Crippen LogP) is 4.29. The van der Waals surface area contributed by atoms with Crippen LogP contribution in [0, 0.1) is 11.8 Å². The van der Waals surface area contributed by atoms with Crippen LogP contribution in [-0.4, -0.2) is 17.4 Å². The fourth-order valence-electron chi connectivity index (χ4n) is 3.00. The number of aromatic amines is 1. The van der Waals surface area contributed by atoms with Crippen LogP contribution in [0.4, 0.5) is 0 Å². The van der Waals surface area contributed by atoms with Crippen LogP contribution in [0.5, 0.6) is 0 Å². The second-order valence-corrected chi connectivity index (χ2v) is 6.52. The molecule has 1 heterocycles. The Kier molecular flexibility index (Phi) is 6.05. The highest BCUT2D eigenvalue weighted by Crippen LogP contribution is 2.18. The van der Waals surface area contributed by atoms with Crippen molar-refractivity contribution in [1.82, 2.24) is 10.3 Å². The number of nitrogens with one attached hydrogen (secondary N) is 2. The monoisotopic (exact) mass is 300 g/mol. The Bertz CT molecular complexity index is 602. The molecule has 1 aromatic heterocycles. The first kappa shape index (κ1) is 16.6. The van der Waals surface area contributed by atoms with Gasteiger partial charge >= 0.3 is 0 Å². The van der Waals surface area contributed by atoms with Crippen LogP contribution in [0.15, 0.2) is 30.5 Å². The Morgan fingerprint density at radius 2 is 2.00 bits per heavy atom. The number of carbonyl (C=O) groups excluding carboxylic acids is 1. The number of rotatable bonds is 8. The summed E-state index contributed by atoms with van der Waals surface area (Å²) in [5, 5.41) is 4.31. The number of amides is 1. The van der Waals surface area contributed by atoms with Crippen molar-refractivity contribution >= 4 is 16.8 Å². The lowest BCUT2D eigenvalue weighted by Crippen LogP contribution is -2.27. The van der Waals surface area contributed by atoms with Crippen LogP contribution >= 0.6 is 0 Å². The van der Waals surface area contributed by atoms with E-state index in [4.69, 9.17) is 0 Å². The molecule has 2 atom stereocenters. The van der Waals surface area contributed by atoms with Crippen LogP contribution in [0.3, 0.4) is 0 Å². The summed E-state index contributed by atoms with van der Waals surface area (Å²) < 4.78 is 0. The maximum absolute atomic E-state index is 12.0. The molecule has 1 aromatic carbocycles. The minimum atomic E-state index is 0.177. The first-order valence-electron chi connectivity index (χ1n) is 8.41. The fraction of sp³-hybridized carbons (Fsp3) is 0.526. The quantitative estimate of drug-likeness (QED) is 0.750. The first-order chi connectivity index (χ1) is 10.6. The number of aromatic nitrogens is 1. The number of fused-ring (bicyclic) bond motifs is 1. The van der Waals surface area contributed by atoms with Crippen LogP contribution in [0.1, 0.15) is 45.6 Å². The summed E-state index contributed by atoms with van der Waals surface area (Å²) in [4.78, 5) is 15.3. The highest BCUT2D eigenvalue weighted by Gasteiger charge is 2.12. The van der Waals surface area contributed by atoms with Gasteiger partial charge in [-0.3, -0.25) is 4.79 Å². The highest BCUT2D eigenvalue weighted by atomic mass is 16.1. The molecule has 0 fully saturated rings. The van der Waals surface area contributed by atoms with E-state index < -0.39 is 0 Å². The third-order valence-corrected chi connectivity index (χ3v) is 4.43. The normalized spacial score (nSPS) is 14.0. The molecule has 0 aliphatic rings. The Labute approximate surface area is 133 Å². The van der Waals surface area contributed by atoms with Crippen molar-refractivity contribution in [2.75, 3.05) is 6.54 Å². The molecule has 2 unspecified atom stereocenters. The summed E-state index contributed by atoms with van der Waals surface area (Å²) in [6.45, 7) is 7.34. The third kappa shape index (κ3) is 4.62. The molecule has 0 aliphatic carbocycles. The Hall–Kier alpha value is -1.77. The minimum Gasteiger partial charge on any atom is -0.361 e. The summed E-state index contributed by atoms with van der Waals surface area (Å²) in [6.07, 6.45) is 5.87. The lowest BCUT2D eigenvalue weighted by atomic mass is 9.93. The van der Waals surface area contributed by atoms with Crippen molar-refractivity contribution in [2.24, 2.45) is 11.8 Å². The van der Waals surface area contributed by atoms with E-state index in [2.05, 4.69) is 49.3 Å². The average Bonchev–Trinajstić information content (AvgIpc) is 2.90. The number of H-pyrrole nitrogens is 1. The number of para-hydroxylation sites is 1. The molecule has 2 aromatic rings. The Morgan fingerprint density at radius 1 is 1.23 bits per heavy atom. The van der Waals surface area contributed by atoms with Gasteiger partial charge in [0.25, 0.3) is 0 Å². The zero-order chi connectivity index (χ0) is 15.9. The van der Waals surface area contributed by atoms with Crippen molar-refractivity contribution in [2.45, 2.75) is 46.5 Å². The molecule has 0 spiro atoms. The Morgan fingerprint density at radius 3 is 2.77 bits per heavy atom. The average molecular weight is 300 g/mol. The minimum absolute atomic E-state index is 0.177. The van der Waals surface area contributed by atoms with Gasteiger partial charge in [0.2, 0.25) is 5.91 Å². The third-order valence-electron chi connectivity index (χ3n) is 4.43. The molecule has 1 amide bonds. The van der Waals surface area contributed by atoms with Gasteiger partial charge in [-0.25, -0.2) is 0 Å². The van der Waals surface area contributed by atoms with Crippen LogP contribution < -0.4 is 5.32 Å². The van der Waals surface area contributed by atoms with Gasteiger partial charge < -0.3 is 10.3 Å². The van der Waals surface area contributed by atoms with Crippen LogP contribution in [-0.2, 0) is 11.2 Å². The number of hydrogen-bond acceptors (Lipinski definition) is 1. The summed E-state index contributed by atoms with van der Waals surface area (Å²) in [5.74, 6) is 1.34. The van der Waals surface area contributed by atoms with Crippen molar-refractivity contribution in [3.63, 3.8) is 0 Å². The topological polar surface area (TPSA) is 44.9 Å². The van der Waals surface area contributed by atoms with E-state index in [1.165, 1.54) is 17.4 Å². The van der Waals surface area contributed by atoms with Gasteiger partial charge in [0, 0.05) is 30.1 Å². The molecule has 0 bridgehead atoms. The molecule has 0 radical (unpaired) electrons. The zero-order valence-corrected chi connectivity index (χ0v) is 14.0. The van der Waals surface area contributed by atoms with Gasteiger partial charge in [-0.2, -0.15) is 0 Å². The molecular weight excluding hydrogens is 272 g/mol. The Balaban J connectivity index is 1.75. The summed E-state index contributed by atoms with van der Waals surface area (Å²) in [7, 11) is 0. The lowest BCUT2D eigenvalue weighted by molar-refractivity contribution is -0.121. The molecule has 120 valence electrons. The summed E-state index contributed by atoms with van der Waals surface area (Å²) in [5.41, 5.74) is 2.43. The summed E-state index contributed by atoms with van der Waals surface area (Å²) in [6, 6.07) is 8.28. The summed E-state index contributed by atoms with van der Waals surface area (Å²) >= 11 is 0. The van der Waals surface area contributed by atoms with Crippen molar-refractivity contribution in [1.29, 1.82) is 0 Å². The molecule has 2 N–H and O–H groups in total. The van der Waals surface area contributed by atoms with Gasteiger partial charge in [-0.15, -0.1) is 0 Å². The van der Waals surface area contributed by atoms with Crippen LogP contribution in [0.2, 0.25) is 0 Å². The fourth-order valence-corrected chi connectivity index (χ4v) is 3.00. The molecule has 3 nitrogen and oxygen atoms in total. The molecular formula is C19H28N2O. The van der Waals surface area contributed by atoms with E-state index in [1.807, 2.05) is 12.3 Å². The molecule has 2 rings (SSSR count). The van der Waals surface area contributed by atoms with Crippen LogP contribution in [0.25, 0.3) is 10.9 Å². The van der Waals surface area contributed by atoms with Gasteiger partial charge in [-0.05, 0) is 36.3 Å². The SMILES string of the molecule is CCC(C)CC(C)CC(=O)NCCc1c[nH]c2ccccc12. The second kappa shape index (κ2) is 8.02. The van der Waals surface area contributed by atoms with E-state index in [9.17, 15) is 4.79 Å². The smallest absolute Gasteiger partial charge is 0.220 e. The first-order valence-corrected chi connectivity index (χ1v) is 8.41. The van der Waals surface area contributed by atoms with E-state index in [1.54, 1.807) is 0 Å². The van der Waals surface area contributed by atoms with E-state index in [-0.39, 0.29) is 5.91 Å². The lowest BCUT2D eigenvalue weighted by Gasteiger charge is -2.15. The van der Waals surface area contributed by atoms with Crippen molar-refractivity contribution in [3.05, 3.63) is 36.0 Å². The maximum Gasteiger partial charge on any atom is 0.220 e. The standard InChI is InChI=1S/C19H28N2O/c1-4-14(2)11-15(3)12-19(22)20-10-9-16-13-21-18-8-6-5-7-17(16)18/h5-8,13-15,21H,4,9-12H2,1-3H3,(H,20,22). The molecule has 3 heteroatoms. The van der Waals surface area contributed by atoms with Crippen molar-refractivity contribution in [3.8, 4) is 0 Å². The largest absolute Gasteiger partial charge is 0.361 e. The highest BCUT2D eigenvalue weighted by molar-refractivity contribution is 5.83. The van der Waals surface area contributed by atoms with Gasteiger partial charge in [-0.1, -0.05) is 45.4 Å². The predicted molar refractivity (Wildman–Crippen MR) is 92.9 cm³/mol. The second-order valence-electron chi connectivity index (χ2n) is 6.52. The molecule has 0 aliphatic heterocycles. The van der Waals surface area contributed by atoms with Gasteiger partial charge in [0.05, 0.1) is 0 Å². The molecule has 0 saturated carbocycles. The number of carbonyl (C=O) groups is 1. The number of hydrogen-bond donors (Lipinski definition) is 2. The number of benzene rings is 1. The van der Waals surface area contributed by atoms with E-state index in [0.29, 0.717) is 24.8 Å². The molecule has 22 heavy (non-hydrogen) atoms.